The predicted octanol–water partition coefficient (Wildman–Crippen LogP) is 3.50. The lowest BCUT2D eigenvalue weighted by Crippen LogP contribution is -2.59. The first-order valence-corrected chi connectivity index (χ1v) is 8.40. The Labute approximate surface area is 154 Å². The maximum absolute atomic E-state index is 13.1. The molecule has 0 amide bonds. The Morgan fingerprint density at radius 1 is 1.04 bits per heavy atom. The summed E-state index contributed by atoms with van der Waals surface area (Å²) >= 11 is 0. The number of hydrogen-bond donors (Lipinski definition) is 1. The van der Waals surface area contributed by atoms with Gasteiger partial charge in [-0.1, -0.05) is 42.5 Å². The van der Waals surface area contributed by atoms with Crippen molar-refractivity contribution in [2.75, 3.05) is 18.0 Å². The fourth-order valence-corrected chi connectivity index (χ4v) is 3.26. The average molecular weight is 365 g/mol. The Bertz CT molecular complexity index is 987. The Morgan fingerprint density at radius 3 is 2.33 bits per heavy atom. The molecule has 4 rings (SSSR count). The molecule has 0 spiro atoms. The molecule has 0 unspecified atom stereocenters. The molecular weight excluding hydrogens is 349 g/mol. The van der Waals surface area contributed by atoms with Gasteiger partial charge in [-0.2, -0.15) is 0 Å². The first kappa shape index (κ1) is 17.1. The zero-order chi connectivity index (χ0) is 19.0. The van der Waals surface area contributed by atoms with Gasteiger partial charge in [0.05, 0.1) is 18.0 Å². The molecule has 2 aromatic carbocycles. The maximum atomic E-state index is 13.1. The van der Waals surface area contributed by atoms with Crippen LogP contribution in [0.2, 0.25) is 0 Å². The van der Waals surface area contributed by atoms with E-state index in [0.717, 1.165) is 0 Å². The summed E-state index contributed by atoms with van der Waals surface area (Å²) in [5.41, 5.74) is 0.407. The summed E-state index contributed by atoms with van der Waals surface area (Å²) in [5, 5.41) is 22.1. The van der Waals surface area contributed by atoms with Crippen molar-refractivity contribution in [2.45, 2.75) is 5.60 Å². The van der Waals surface area contributed by atoms with Crippen LogP contribution >= 0.6 is 0 Å². The lowest BCUT2D eigenvalue weighted by Gasteiger charge is -2.47. The zero-order valence-electron chi connectivity index (χ0n) is 14.2. The summed E-state index contributed by atoms with van der Waals surface area (Å²) in [6.07, 6.45) is 0. The van der Waals surface area contributed by atoms with Crippen molar-refractivity contribution < 1.29 is 14.4 Å². The second-order valence-electron chi connectivity index (χ2n) is 6.55. The number of nitro groups is 1. The smallest absolute Gasteiger partial charge is 0.295 e. The molecule has 7 heteroatoms. The number of pyridine rings is 1. The first-order valence-electron chi connectivity index (χ1n) is 8.40. The minimum atomic E-state index is -1.09. The largest absolute Gasteiger partial charge is 0.381 e. The van der Waals surface area contributed by atoms with Crippen LogP contribution in [0.4, 0.5) is 15.9 Å². The van der Waals surface area contributed by atoms with Crippen LogP contribution < -0.4 is 4.90 Å². The summed E-state index contributed by atoms with van der Waals surface area (Å²) in [6.45, 7) is 0.551. The molecule has 1 aromatic heterocycles. The fourth-order valence-electron chi connectivity index (χ4n) is 3.26. The highest BCUT2D eigenvalue weighted by atomic mass is 19.1. The summed E-state index contributed by atoms with van der Waals surface area (Å²) in [7, 11) is 0. The second kappa shape index (κ2) is 6.44. The highest BCUT2D eigenvalue weighted by Gasteiger charge is 2.43. The van der Waals surface area contributed by atoms with E-state index in [1.54, 1.807) is 42.5 Å². The summed E-state index contributed by atoms with van der Waals surface area (Å²) in [4.78, 5) is 17.2. The van der Waals surface area contributed by atoms with Gasteiger partial charge in [0, 0.05) is 11.6 Å². The van der Waals surface area contributed by atoms with Gasteiger partial charge in [0.2, 0.25) is 0 Å². The van der Waals surface area contributed by atoms with Crippen molar-refractivity contribution in [3.05, 3.63) is 88.2 Å². The van der Waals surface area contributed by atoms with Gasteiger partial charge in [-0.25, -0.2) is 9.37 Å². The van der Waals surface area contributed by atoms with Gasteiger partial charge in [0.15, 0.2) is 5.69 Å². The molecule has 6 nitrogen and oxygen atoms in total. The fraction of sp³-hybridized carbons (Fsp3) is 0.150. The van der Waals surface area contributed by atoms with Crippen LogP contribution in [0.5, 0.6) is 0 Å². The van der Waals surface area contributed by atoms with Crippen molar-refractivity contribution in [1.29, 1.82) is 0 Å². The van der Waals surface area contributed by atoms with Gasteiger partial charge in [-0.3, -0.25) is 10.1 Å². The number of anilines is 1. The van der Waals surface area contributed by atoms with E-state index in [1.165, 1.54) is 18.2 Å². The number of benzene rings is 2. The Kier molecular flexibility index (Phi) is 4.08. The lowest BCUT2D eigenvalue weighted by atomic mass is 9.86. The van der Waals surface area contributed by atoms with Crippen LogP contribution in [0.1, 0.15) is 5.56 Å². The van der Waals surface area contributed by atoms with Crippen LogP contribution in [0, 0.1) is 15.9 Å². The lowest BCUT2D eigenvalue weighted by molar-refractivity contribution is -0.384. The molecule has 2 heterocycles. The number of β-amino-alcohol motifs (C(OH)–C–C–N with tert-alkyl or cyclic N) is 1. The number of halogens is 1. The molecule has 1 aliphatic rings. The van der Waals surface area contributed by atoms with E-state index in [1.807, 2.05) is 11.0 Å². The van der Waals surface area contributed by atoms with Crippen LogP contribution in [0.3, 0.4) is 0 Å². The van der Waals surface area contributed by atoms with Crippen LogP contribution in [-0.2, 0) is 5.60 Å². The van der Waals surface area contributed by atoms with Crippen molar-refractivity contribution in [1.82, 2.24) is 4.98 Å². The molecule has 1 saturated heterocycles. The Hall–Kier alpha value is -3.32. The zero-order valence-corrected chi connectivity index (χ0v) is 14.2. The Morgan fingerprint density at radius 2 is 1.70 bits per heavy atom. The third-order valence-corrected chi connectivity index (χ3v) is 4.71. The number of nitrogens with zero attached hydrogens (tertiary/aromatic N) is 3. The highest BCUT2D eigenvalue weighted by molar-refractivity contribution is 5.71. The molecule has 0 radical (unpaired) electrons. The van der Waals surface area contributed by atoms with Crippen LogP contribution in [0.15, 0.2) is 66.7 Å². The number of aliphatic hydroxyl groups is 1. The summed E-state index contributed by atoms with van der Waals surface area (Å²) in [6, 6.07) is 17.7. The molecular formula is C20H16FN3O3. The van der Waals surface area contributed by atoms with E-state index in [2.05, 4.69) is 4.98 Å². The van der Waals surface area contributed by atoms with Gasteiger partial charge in [-0.05, 0) is 23.8 Å². The van der Waals surface area contributed by atoms with Crippen molar-refractivity contribution in [3.8, 4) is 11.3 Å². The van der Waals surface area contributed by atoms with Gasteiger partial charge in [-0.15, -0.1) is 0 Å². The van der Waals surface area contributed by atoms with E-state index in [-0.39, 0.29) is 30.3 Å². The minimum absolute atomic E-state index is 0.0701. The van der Waals surface area contributed by atoms with E-state index in [0.29, 0.717) is 16.9 Å². The average Bonchev–Trinajstić information content (AvgIpc) is 2.66. The molecule has 27 heavy (non-hydrogen) atoms. The molecule has 136 valence electrons. The molecule has 1 fully saturated rings. The van der Waals surface area contributed by atoms with Crippen molar-refractivity contribution in [2.24, 2.45) is 0 Å². The van der Waals surface area contributed by atoms with Crippen LogP contribution in [0.25, 0.3) is 11.3 Å². The van der Waals surface area contributed by atoms with Crippen molar-refractivity contribution in [3.63, 3.8) is 0 Å². The third-order valence-electron chi connectivity index (χ3n) is 4.71. The topological polar surface area (TPSA) is 79.5 Å². The van der Waals surface area contributed by atoms with Gasteiger partial charge < -0.3 is 10.0 Å². The monoisotopic (exact) mass is 365 g/mol. The predicted molar refractivity (Wildman–Crippen MR) is 98.8 cm³/mol. The van der Waals surface area contributed by atoms with E-state index >= 15 is 0 Å². The standard InChI is InChI=1S/C20H16FN3O3/c21-16-8-6-15(7-9-16)20(25)12-23(13-20)18-11-10-17(24(26)27)19(22-18)14-4-2-1-3-5-14/h1-11,25H,12-13H2. The minimum Gasteiger partial charge on any atom is -0.381 e. The van der Waals surface area contributed by atoms with Gasteiger partial charge in [0.1, 0.15) is 17.2 Å². The molecule has 0 saturated carbocycles. The van der Waals surface area contributed by atoms with Gasteiger partial charge in [0.25, 0.3) is 5.69 Å². The summed E-state index contributed by atoms with van der Waals surface area (Å²) in [5.74, 6) is 0.189. The van der Waals surface area contributed by atoms with E-state index < -0.39 is 10.5 Å². The van der Waals surface area contributed by atoms with E-state index in [9.17, 15) is 19.6 Å². The third kappa shape index (κ3) is 3.13. The first-order chi connectivity index (χ1) is 13.0. The molecule has 1 aliphatic heterocycles. The second-order valence-corrected chi connectivity index (χ2v) is 6.55. The Balaban J connectivity index is 1.62. The number of aromatic nitrogens is 1. The maximum Gasteiger partial charge on any atom is 0.295 e. The van der Waals surface area contributed by atoms with Crippen LogP contribution in [-0.4, -0.2) is 28.1 Å². The number of hydrogen-bond acceptors (Lipinski definition) is 5. The van der Waals surface area contributed by atoms with Crippen molar-refractivity contribution >= 4 is 11.5 Å². The quantitative estimate of drug-likeness (QED) is 0.565. The van der Waals surface area contributed by atoms with E-state index in [4.69, 9.17) is 0 Å². The molecule has 1 N–H and O–H groups in total. The molecule has 0 aliphatic carbocycles. The SMILES string of the molecule is O=[N+]([O-])c1ccc(N2CC(O)(c3ccc(F)cc3)C2)nc1-c1ccccc1. The molecule has 0 atom stereocenters. The highest BCUT2D eigenvalue weighted by Crippen LogP contribution is 2.37. The molecule has 0 bridgehead atoms. The molecule has 3 aromatic rings. The van der Waals surface area contributed by atoms with Gasteiger partial charge >= 0.3 is 0 Å². The number of rotatable bonds is 4. The normalized spacial score (nSPS) is 15.3. The summed E-state index contributed by atoms with van der Waals surface area (Å²) < 4.78 is 13.1.